The van der Waals surface area contributed by atoms with Gasteiger partial charge in [-0.1, -0.05) is 35.9 Å². The summed E-state index contributed by atoms with van der Waals surface area (Å²) in [6.07, 6.45) is 0. The van der Waals surface area contributed by atoms with Crippen molar-refractivity contribution in [3.05, 3.63) is 70.2 Å². The predicted octanol–water partition coefficient (Wildman–Crippen LogP) is 4.91. The zero-order valence-corrected chi connectivity index (χ0v) is 13.1. The summed E-state index contributed by atoms with van der Waals surface area (Å²) in [6, 6.07) is 16.9. The molecule has 3 aromatic rings. The Balaban J connectivity index is 1.72. The molecular weight excluding hydrogens is 316 g/mol. The van der Waals surface area contributed by atoms with Crippen LogP contribution in [0.3, 0.4) is 0 Å². The van der Waals surface area contributed by atoms with Crippen molar-refractivity contribution in [3.63, 3.8) is 0 Å². The van der Waals surface area contributed by atoms with Gasteiger partial charge in [0.05, 0.1) is 11.3 Å². The molecule has 0 atom stereocenters. The number of aromatic nitrogens is 1. The smallest absolute Gasteiger partial charge is 0.137 e. The SMILES string of the molecule is N#Cc1ccccc1OCc1csc(-c2ccc(Cl)cc2)n1. The minimum Gasteiger partial charge on any atom is -0.486 e. The van der Waals surface area contributed by atoms with E-state index in [9.17, 15) is 0 Å². The third-order valence-electron chi connectivity index (χ3n) is 3.03. The molecule has 0 aliphatic carbocycles. The first-order valence-corrected chi connectivity index (χ1v) is 7.84. The molecule has 3 nitrogen and oxygen atoms in total. The van der Waals surface area contributed by atoms with Crippen LogP contribution in [0.15, 0.2) is 53.9 Å². The number of nitriles is 1. The summed E-state index contributed by atoms with van der Waals surface area (Å²) in [4.78, 5) is 4.55. The maximum Gasteiger partial charge on any atom is 0.137 e. The largest absolute Gasteiger partial charge is 0.486 e. The van der Waals surface area contributed by atoms with E-state index in [4.69, 9.17) is 21.6 Å². The van der Waals surface area contributed by atoms with Gasteiger partial charge in [-0.2, -0.15) is 5.26 Å². The molecule has 0 radical (unpaired) electrons. The highest BCUT2D eigenvalue weighted by atomic mass is 35.5. The standard InChI is InChI=1S/C17H11ClN2OS/c18-14-7-5-12(6-8-14)17-20-15(11-22-17)10-21-16-4-2-1-3-13(16)9-19/h1-8,11H,10H2. The molecule has 0 aliphatic rings. The van der Waals surface area contributed by atoms with E-state index in [1.807, 2.05) is 41.8 Å². The Morgan fingerprint density at radius 3 is 2.68 bits per heavy atom. The maximum absolute atomic E-state index is 9.04. The molecule has 0 fully saturated rings. The van der Waals surface area contributed by atoms with E-state index in [1.165, 1.54) is 0 Å². The zero-order chi connectivity index (χ0) is 15.4. The van der Waals surface area contributed by atoms with Crippen LogP contribution in [0, 0.1) is 11.3 Å². The number of para-hydroxylation sites is 1. The Labute approximate surface area is 137 Å². The molecule has 3 rings (SSSR count). The minimum absolute atomic E-state index is 0.336. The van der Waals surface area contributed by atoms with E-state index >= 15 is 0 Å². The summed E-state index contributed by atoms with van der Waals surface area (Å²) >= 11 is 7.44. The summed E-state index contributed by atoms with van der Waals surface area (Å²) in [5.41, 5.74) is 2.39. The zero-order valence-electron chi connectivity index (χ0n) is 11.5. The Kier molecular flexibility index (Phi) is 4.38. The Hall–Kier alpha value is -2.35. The van der Waals surface area contributed by atoms with Crippen LogP contribution in [0.4, 0.5) is 0 Å². The van der Waals surface area contributed by atoms with Gasteiger partial charge < -0.3 is 4.74 Å². The molecule has 0 saturated carbocycles. The number of hydrogen-bond donors (Lipinski definition) is 0. The Bertz CT molecular complexity index is 821. The predicted molar refractivity (Wildman–Crippen MR) is 88.0 cm³/mol. The van der Waals surface area contributed by atoms with Crippen LogP contribution in [0.1, 0.15) is 11.3 Å². The van der Waals surface area contributed by atoms with E-state index in [1.54, 1.807) is 23.5 Å². The van der Waals surface area contributed by atoms with Crippen LogP contribution in [0.5, 0.6) is 5.75 Å². The second-order valence-corrected chi connectivity index (χ2v) is 5.84. The number of rotatable bonds is 4. The van der Waals surface area contributed by atoms with Crippen molar-refractivity contribution in [2.75, 3.05) is 0 Å². The third kappa shape index (κ3) is 3.28. The van der Waals surface area contributed by atoms with Gasteiger partial charge >= 0.3 is 0 Å². The number of nitrogens with zero attached hydrogens (tertiary/aromatic N) is 2. The van der Waals surface area contributed by atoms with Crippen molar-refractivity contribution in [2.24, 2.45) is 0 Å². The van der Waals surface area contributed by atoms with Crippen LogP contribution in [-0.2, 0) is 6.61 Å². The lowest BCUT2D eigenvalue weighted by atomic mass is 10.2. The van der Waals surface area contributed by atoms with E-state index in [0.717, 1.165) is 16.3 Å². The summed E-state index contributed by atoms with van der Waals surface area (Å²) < 4.78 is 5.68. The van der Waals surface area contributed by atoms with Crippen LogP contribution >= 0.6 is 22.9 Å². The molecule has 0 N–H and O–H groups in total. The van der Waals surface area contributed by atoms with Crippen LogP contribution in [0.25, 0.3) is 10.6 Å². The van der Waals surface area contributed by atoms with Crippen LogP contribution < -0.4 is 4.74 Å². The van der Waals surface area contributed by atoms with Gasteiger partial charge in [0.1, 0.15) is 23.4 Å². The van der Waals surface area contributed by atoms with Crippen molar-refractivity contribution >= 4 is 22.9 Å². The summed E-state index contributed by atoms with van der Waals surface area (Å²) in [5.74, 6) is 0.575. The molecule has 0 saturated heterocycles. The number of hydrogen-bond acceptors (Lipinski definition) is 4. The van der Waals surface area contributed by atoms with Gasteiger partial charge in [-0.05, 0) is 24.3 Å². The Morgan fingerprint density at radius 1 is 1.14 bits per heavy atom. The molecular formula is C17H11ClN2OS. The molecule has 0 unspecified atom stereocenters. The van der Waals surface area contributed by atoms with Gasteiger partial charge in [0.2, 0.25) is 0 Å². The average molecular weight is 327 g/mol. The van der Waals surface area contributed by atoms with Crippen molar-refractivity contribution < 1.29 is 4.74 Å². The quantitative estimate of drug-likeness (QED) is 0.684. The minimum atomic E-state index is 0.336. The average Bonchev–Trinajstić information content (AvgIpc) is 3.03. The first-order valence-electron chi connectivity index (χ1n) is 6.58. The molecule has 22 heavy (non-hydrogen) atoms. The first-order chi connectivity index (χ1) is 10.8. The van der Waals surface area contributed by atoms with Crippen molar-refractivity contribution in [2.45, 2.75) is 6.61 Å². The van der Waals surface area contributed by atoms with Crippen molar-refractivity contribution in [1.29, 1.82) is 5.26 Å². The van der Waals surface area contributed by atoms with Crippen molar-refractivity contribution in [3.8, 4) is 22.4 Å². The van der Waals surface area contributed by atoms with E-state index in [-0.39, 0.29) is 0 Å². The lowest BCUT2D eigenvalue weighted by Gasteiger charge is -2.05. The molecule has 5 heteroatoms. The van der Waals surface area contributed by atoms with E-state index in [0.29, 0.717) is 22.9 Å². The third-order valence-corrected chi connectivity index (χ3v) is 4.22. The molecule has 2 aromatic carbocycles. The lowest BCUT2D eigenvalue weighted by molar-refractivity contribution is 0.301. The van der Waals surface area contributed by atoms with Gasteiger partial charge in [-0.25, -0.2) is 4.98 Å². The first kappa shape index (κ1) is 14.6. The van der Waals surface area contributed by atoms with Crippen LogP contribution in [0.2, 0.25) is 5.02 Å². The molecule has 108 valence electrons. The van der Waals surface area contributed by atoms with Gasteiger partial charge in [0.25, 0.3) is 0 Å². The molecule has 0 amide bonds. The molecule has 0 spiro atoms. The molecule has 1 heterocycles. The van der Waals surface area contributed by atoms with Crippen molar-refractivity contribution in [1.82, 2.24) is 4.98 Å². The monoisotopic (exact) mass is 326 g/mol. The number of ether oxygens (including phenoxy) is 1. The number of thiazole rings is 1. The molecule has 0 aliphatic heterocycles. The van der Waals surface area contributed by atoms with E-state index in [2.05, 4.69) is 11.1 Å². The second-order valence-electron chi connectivity index (χ2n) is 4.55. The maximum atomic E-state index is 9.04. The fraction of sp³-hybridized carbons (Fsp3) is 0.0588. The summed E-state index contributed by atoms with van der Waals surface area (Å²) in [6.45, 7) is 0.336. The molecule has 0 bridgehead atoms. The second kappa shape index (κ2) is 6.61. The van der Waals surface area contributed by atoms with Gasteiger partial charge in [0.15, 0.2) is 0 Å². The van der Waals surface area contributed by atoms with Crippen LogP contribution in [-0.4, -0.2) is 4.98 Å². The van der Waals surface area contributed by atoms with Gasteiger partial charge in [-0.15, -0.1) is 11.3 Å². The fourth-order valence-electron chi connectivity index (χ4n) is 1.93. The normalized spacial score (nSPS) is 10.2. The lowest BCUT2D eigenvalue weighted by Crippen LogP contribution is -1.97. The highest BCUT2D eigenvalue weighted by Crippen LogP contribution is 2.26. The Morgan fingerprint density at radius 2 is 1.91 bits per heavy atom. The van der Waals surface area contributed by atoms with Gasteiger partial charge in [0, 0.05) is 16.0 Å². The van der Waals surface area contributed by atoms with E-state index < -0.39 is 0 Å². The number of benzene rings is 2. The summed E-state index contributed by atoms with van der Waals surface area (Å²) in [5, 5.41) is 12.6. The summed E-state index contributed by atoms with van der Waals surface area (Å²) in [7, 11) is 0. The number of halogens is 1. The topological polar surface area (TPSA) is 45.9 Å². The highest BCUT2D eigenvalue weighted by molar-refractivity contribution is 7.13. The molecule has 1 aromatic heterocycles. The highest BCUT2D eigenvalue weighted by Gasteiger charge is 2.07. The fourth-order valence-corrected chi connectivity index (χ4v) is 2.87. The van der Waals surface area contributed by atoms with Gasteiger partial charge in [-0.3, -0.25) is 0 Å².